The lowest BCUT2D eigenvalue weighted by Crippen LogP contribution is -2.13. The van der Waals surface area contributed by atoms with E-state index in [1.54, 1.807) is 6.07 Å². The summed E-state index contributed by atoms with van der Waals surface area (Å²) in [5.74, 6) is 0.645. The van der Waals surface area contributed by atoms with Crippen LogP contribution in [0.2, 0.25) is 0 Å². The second kappa shape index (κ2) is 3.82. The molecule has 0 radical (unpaired) electrons. The average Bonchev–Trinajstić information content (AvgIpc) is 2.86. The number of benzene rings is 1. The third kappa shape index (κ3) is 1.64. The molecule has 0 amide bonds. The number of hydrogen-bond donors (Lipinski definition) is 2. The van der Waals surface area contributed by atoms with Crippen molar-refractivity contribution in [1.82, 2.24) is 15.3 Å². The standard InChI is InChI=1S/C11H11BrFN3/c12-6-4-9-10(5-7(6)13)16-11(15-9)8-2-1-3-14-8/h4-5,8,14H,1-3H2,(H,15,16)/t8-/m0/s1. The van der Waals surface area contributed by atoms with E-state index in [-0.39, 0.29) is 11.9 Å². The lowest BCUT2D eigenvalue weighted by molar-refractivity contribution is 0.614. The minimum Gasteiger partial charge on any atom is -0.341 e. The number of H-pyrrole nitrogens is 1. The van der Waals surface area contributed by atoms with Gasteiger partial charge in [-0.05, 0) is 41.4 Å². The number of aromatic nitrogens is 2. The first-order valence-electron chi connectivity index (χ1n) is 5.32. The molecule has 3 rings (SSSR count). The smallest absolute Gasteiger partial charge is 0.139 e. The van der Waals surface area contributed by atoms with Gasteiger partial charge in [-0.15, -0.1) is 0 Å². The number of hydrogen-bond acceptors (Lipinski definition) is 2. The molecular formula is C11H11BrFN3. The van der Waals surface area contributed by atoms with Crippen LogP contribution in [-0.2, 0) is 0 Å². The van der Waals surface area contributed by atoms with Crippen molar-refractivity contribution in [2.75, 3.05) is 6.54 Å². The molecule has 0 unspecified atom stereocenters. The summed E-state index contributed by atoms with van der Waals surface area (Å²) < 4.78 is 13.8. The predicted octanol–water partition coefficient (Wildman–Crippen LogP) is 2.89. The SMILES string of the molecule is Fc1cc2[nH]c([C@@H]3CCCN3)nc2cc1Br. The molecule has 5 heteroatoms. The molecule has 1 fully saturated rings. The maximum Gasteiger partial charge on any atom is 0.139 e. The van der Waals surface area contributed by atoms with Crippen molar-refractivity contribution in [1.29, 1.82) is 0 Å². The molecule has 2 aromatic rings. The van der Waals surface area contributed by atoms with Gasteiger partial charge in [0.05, 0.1) is 21.5 Å². The zero-order valence-corrected chi connectivity index (χ0v) is 10.1. The van der Waals surface area contributed by atoms with E-state index in [9.17, 15) is 4.39 Å². The summed E-state index contributed by atoms with van der Waals surface area (Å²) in [6.45, 7) is 1.03. The first-order chi connectivity index (χ1) is 7.74. The number of imidazole rings is 1. The molecule has 1 saturated heterocycles. The van der Waals surface area contributed by atoms with Crippen LogP contribution in [0.4, 0.5) is 4.39 Å². The molecule has 16 heavy (non-hydrogen) atoms. The molecule has 0 bridgehead atoms. The van der Waals surface area contributed by atoms with Crippen molar-refractivity contribution in [3.05, 3.63) is 28.2 Å². The van der Waals surface area contributed by atoms with Crippen LogP contribution in [0.3, 0.4) is 0 Å². The maximum atomic E-state index is 13.3. The highest BCUT2D eigenvalue weighted by Crippen LogP contribution is 2.26. The fraction of sp³-hybridized carbons (Fsp3) is 0.364. The van der Waals surface area contributed by atoms with Gasteiger partial charge in [-0.3, -0.25) is 0 Å². The quantitative estimate of drug-likeness (QED) is 0.845. The zero-order chi connectivity index (χ0) is 11.1. The predicted molar refractivity (Wildman–Crippen MR) is 63.7 cm³/mol. The first kappa shape index (κ1) is 10.2. The van der Waals surface area contributed by atoms with Crippen LogP contribution >= 0.6 is 15.9 Å². The topological polar surface area (TPSA) is 40.7 Å². The molecule has 1 atom stereocenters. The fourth-order valence-corrected chi connectivity index (χ4v) is 2.44. The Bertz CT molecular complexity index is 492. The van der Waals surface area contributed by atoms with Gasteiger partial charge < -0.3 is 10.3 Å². The second-order valence-corrected chi connectivity index (χ2v) is 4.91. The molecule has 84 valence electrons. The normalized spacial score (nSPS) is 20.8. The Morgan fingerprint density at radius 2 is 2.31 bits per heavy atom. The Hall–Kier alpha value is -0.940. The van der Waals surface area contributed by atoms with E-state index in [0.717, 1.165) is 29.8 Å². The molecule has 0 saturated carbocycles. The van der Waals surface area contributed by atoms with E-state index in [4.69, 9.17) is 0 Å². The summed E-state index contributed by atoms with van der Waals surface area (Å²) in [5, 5.41) is 3.36. The second-order valence-electron chi connectivity index (χ2n) is 4.05. The van der Waals surface area contributed by atoms with Gasteiger partial charge in [0.1, 0.15) is 11.6 Å². The first-order valence-corrected chi connectivity index (χ1v) is 6.11. The number of rotatable bonds is 1. The lowest BCUT2D eigenvalue weighted by Gasteiger charge is -2.04. The molecule has 1 aliphatic rings. The van der Waals surface area contributed by atoms with E-state index in [1.165, 1.54) is 12.5 Å². The van der Waals surface area contributed by atoms with E-state index in [2.05, 4.69) is 31.2 Å². The maximum absolute atomic E-state index is 13.3. The van der Waals surface area contributed by atoms with Crippen LogP contribution < -0.4 is 5.32 Å². The van der Waals surface area contributed by atoms with Crippen molar-refractivity contribution in [3.63, 3.8) is 0 Å². The Balaban J connectivity index is 2.08. The number of aromatic amines is 1. The van der Waals surface area contributed by atoms with Crippen molar-refractivity contribution in [3.8, 4) is 0 Å². The highest BCUT2D eigenvalue weighted by molar-refractivity contribution is 9.10. The summed E-state index contributed by atoms with van der Waals surface area (Å²) in [7, 11) is 0. The van der Waals surface area contributed by atoms with Gasteiger partial charge in [0.2, 0.25) is 0 Å². The lowest BCUT2D eigenvalue weighted by atomic mass is 10.2. The van der Waals surface area contributed by atoms with E-state index >= 15 is 0 Å². The Labute approximate surface area is 101 Å². The van der Waals surface area contributed by atoms with Gasteiger partial charge in [-0.1, -0.05) is 0 Å². The molecule has 1 aromatic heterocycles. The number of nitrogens with one attached hydrogen (secondary N) is 2. The monoisotopic (exact) mass is 283 g/mol. The summed E-state index contributed by atoms with van der Waals surface area (Å²) in [4.78, 5) is 7.65. The van der Waals surface area contributed by atoms with Gasteiger partial charge in [0.25, 0.3) is 0 Å². The highest BCUT2D eigenvalue weighted by atomic mass is 79.9. The molecule has 3 nitrogen and oxygen atoms in total. The van der Waals surface area contributed by atoms with E-state index in [0.29, 0.717) is 4.47 Å². The minimum absolute atomic E-state index is 0.262. The minimum atomic E-state index is -0.262. The van der Waals surface area contributed by atoms with Gasteiger partial charge in [-0.25, -0.2) is 9.37 Å². The molecule has 1 aromatic carbocycles. The largest absolute Gasteiger partial charge is 0.341 e. The third-order valence-corrected chi connectivity index (χ3v) is 3.54. The molecule has 0 spiro atoms. The number of halogens is 2. The van der Waals surface area contributed by atoms with Gasteiger partial charge in [0, 0.05) is 6.07 Å². The van der Waals surface area contributed by atoms with Crippen molar-refractivity contribution < 1.29 is 4.39 Å². The fourth-order valence-electron chi connectivity index (χ4n) is 2.11. The Kier molecular flexibility index (Phi) is 2.44. The van der Waals surface area contributed by atoms with Crippen LogP contribution in [0.1, 0.15) is 24.7 Å². The molecule has 0 aliphatic carbocycles. The van der Waals surface area contributed by atoms with Crippen LogP contribution in [0.25, 0.3) is 11.0 Å². The highest BCUT2D eigenvalue weighted by Gasteiger charge is 2.19. The van der Waals surface area contributed by atoms with E-state index < -0.39 is 0 Å². The van der Waals surface area contributed by atoms with Crippen LogP contribution in [0, 0.1) is 5.82 Å². The van der Waals surface area contributed by atoms with Gasteiger partial charge in [0.15, 0.2) is 0 Å². The summed E-state index contributed by atoms with van der Waals surface area (Å²) in [6.07, 6.45) is 2.25. The van der Waals surface area contributed by atoms with Crippen molar-refractivity contribution in [2.45, 2.75) is 18.9 Å². The Morgan fingerprint density at radius 1 is 1.44 bits per heavy atom. The number of nitrogens with zero attached hydrogens (tertiary/aromatic N) is 1. The van der Waals surface area contributed by atoms with Crippen LogP contribution in [-0.4, -0.2) is 16.5 Å². The van der Waals surface area contributed by atoms with Crippen molar-refractivity contribution >= 4 is 27.0 Å². The summed E-state index contributed by atoms with van der Waals surface area (Å²) >= 11 is 3.16. The summed E-state index contributed by atoms with van der Waals surface area (Å²) in [5.41, 5.74) is 1.56. The number of fused-ring (bicyclic) bond motifs is 1. The van der Waals surface area contributed by atoms with E-state index in [1.807, 2.05) is 0 Å². The van der Waals surface area contributed by atoms with Gasteiger partial charge in [-0.2, -0.15) is 0 Å². The zero-order valence-electron chi connectivity index (χ0n) is 8.56. The van der Waals surface area contributed by atoms with Crippen LogP contribution in [0.5, 0.6) is 0 Å². The molecule has 2 heterocycles. The molecule has 2 N–H and O–H groups in total. The Morgan fingerprint density at radius 3 is 3.06 bits per heavy atom. The molecular weight excluding hydrogens is 273 g/mol. The molecule has 1 aliphatic heterocycles. The van der Waals surface area contributed by atoms with Crippen LogP contribution in [0.15, 0.2) is 16.6 Å². The summed E-state index contributed by atoms with van der Waals surface area (Å²) in [6, 6.07) is 3.47. The average molecular weight is 284 g/mol. The van der Waals surface area contributed by atoms with Crippen molar-refractivity contribution in [2.24, 2.45) is 0 Å². The third-order valence-electron chi connectivity index (χ3n) is 2.93. The van der Waals surface area contributed by atoms with Gasteiger partial charge >= 0.3 is 0 Å².